The Balaban J connectivity index is 1.41. The maximum absolute atomic E-state index is 14.0. The van der Waals surface area contributed by atoms with Crippen molar-refractivity contribution in [3.63, 3.8) is 0 Å². The standard InChI is InChI=1S/C24H23F2N5O/c1-16-22(23(17-3-2-4-19(26)15-17)31-21(28-16)9-10-27-31)24(32)30-13-11-29(12-14-30)20-7-5-18(25)6-8-20/h2-10,15,23,28H,11-14H2,1H3. The summed E-state index contributed by atoms with van der Waals surface area (Å²) in [4.78, 5) is 17.6. The van der Waals surface area contributed by atoms with Gasteiger partial charge in [-0.3, -0.25) is 4.79 Å². The molecule has 0 spiro atoms. The number of aromatic nitrogens is 2. The van der Waals surface area contributed by atoms with Gasteiger partial charge in [0.25, 0.3) is 5.91 Å². The van der Waals surface area contributed by atoms with Crippen molar-refractivity contribution in [2.75, 3.05) is 36.4 Å². The minimum Gasteiger partial charge on any atom is -0.368 e. The predicted octanol–water partition coefficient (Wildman–Crippen LogP) is 3.80. The molecule has 6 nitrogen and oxygen atoms in total. The maximum atomic E-state index is 14.0. The van der Waals surface area contributed by atoms with Gasteiger partial charge >= 0.3 is 0 Å². The second-order valence-corrected chi connectivity index (χ2v) is 8.04. The number of anilines is 2. The zero-order chi connectivity index (χ0) is 22.2. The molecule has 1 atom stereocenters. The molecule has 5 rings (SSSR count). The van der Waals surface area contributed by atoms with Gasteiger partial charge in [0.15, 0.2) is 0 Å². The van der Waals surface area contributed by atoms with Gasteiger partial charge in [0.2, 0.25) is 0 Å². The number of piperazine rings is 1. The lowest BCUT2D eigenvalue weighted by atomic mass is 9.94. The van der Waals surface area contributed by atoms with Crippen molar-refractivity contribution in [3.8, 4) is 0 Å². The summed E-state index contributed by atoms with van der Waals surface area (Å²) in [6.07, 6.45) is 1.66. The summed E-state index contributed by atoms with van der Waals surface area (Å²) in [6.45, 7) is 4.23. The van der Waals surface area contributed by atoms with Crippen LogP contribution in [0.1, 0.15) is 18.5 Å². The first-order valence-electron chi connectivity index (χ1n) is 10.6. The first kappa shape index (κ1) is 20.2. The van der Waals surface area contributed by atoms with Gasteiger partial charge in [0.05, 0.1) is 11.8 Å². The second-order valence-electron chi connectivity index (χ2n) is 8.04. The molecule has 0 radical (unpaired) electrons. The number of carbonyl (C=O) groups is 1. The van der Waals surface area contributed by atoms with Crippen LogP contribution in [0.15, 0.2) is 72.1 Å². The van der Waals surface area contributed by atoms with Crippen LogP contribution in [0.5, 0.6) is 0 Å². The summed E-state index contributed by atoms with van der Waals surface area (Å²) >= 11 is 0. The number of hydrogen-bond donors (Lipinski definition) is 1. The van der Waals surface area contributed by atoms with E-state index in [1.807, 2.05) is 24.0 Å². The number of fused-ring (bicyclic) bond motifs is 1. The van der Waals surface area contributed by atoms with Crippen LogP contribution in [0.2, 0.25) is 0 Å². The molecule has 164 valence electrons. The number of carbonyl (C=O) groups excluding carboxylic acids is 1. The van der Waals surface area contributed by atoms with Crippen molar-refractivity contribution in [2.45, 2.75) is 13.0 Å². The van der Waals surface area contributed by atoms with Gasteiger partial charge in [-0.25, -0.2) is 13.5 Å². The molecule has 1 aromatic heterocycles. The minimum absolute atomic E-state index is 0.0934. The number of allylic oxidation sites excluding steroid dienone is 1. The molecule has 0 saturated carbocycles. The van der Waals surface area contributed by atoms with E-state index in [4.69, 9.17) is 0 Å². The monoisotopic (exact) mass is 435 g/mol. The van der Waals surface area contributed by atoms with Gasteiger partial charge in [-0.05, 0) is 48.9 Å². The van der Waals surface area contributed by atoms with Gasteiger partial charge < -0.3 is 15.1 Å². The first-order chi connectivity index (χ1) is 15.5. The normalized spacial score (nSPS) is 18.4. The summed E-state index contributed by atoms with van der Waals surface area (Å²) in [5, 5.41) is 7.66. The fraction of sp³-hybridized carbons (Fsp3) is 0.250. The molecule has 3 heterocycles. The number of halogens is 2. The number of rotatable bonds is 3. The van der Waals surface area contributed by atoms with Crippen molar-refractivity contribution in [1.29, 1.82) is 0 Å². The lowest BCUT2D eigenvalue weighted by molar-refractivity contribution is -0.128. The highest BCUT2D eigenvalue weighted by Crippen LogP contribution is 2.36. The molecule has 1 amide bonds. The Morgan fingerprint density at radius 1 is 1.00 bits per heavy atom. The molecule has 8 heteroatoms. The van der Waals surface area contributed by atoms with E-state index < -0.39 is 6.04 Å². The average Bonchev–Trinajstić information content (AvgIpc) is 3.26. The highest BCUT2D eigenvalue weighted by molar-refractivity contribution is 5.97. The van der Waals surface area contributed by atoms with Crippen molar-refractivity contribution < 1.29 is 13.6 Å². The highest BCUT2D eigenvalue weighted by Gasteiger charge is 2.35. The molecular formula is C24H23F2N5O. The molecule has 2 aliphatic heterocycles. The smallest absolute Gasteiger partial charge is 0.254 e. The molecule has 0 aliphatic carbocycles. The Morgan fingerprint density at radius 3 is 2.47 bits per heavy atom. The predicted molar refractivity (Wildman–Crippen MR) is 118 cm³/mol. The van der Waals surface area contributed by atoms with E-state index in [2.05, 4.69) is 15.3 Å². The summed E-state index contributed by atoms with van der Waals surface area (Å²) in [6, 6.07) is 14.0. The first-order valence-corrected chi connectivity index (χ1v) is 10.6. The summed E-state index contributed by atoms with van der Waals surface area (Å²) in [7, 11) is 0. The Hall–Kier alpha value is -3.68. The van der Waals surface area contributed by atoms with Crippen LogP contribution in [0.3, 0.4) is 0 Å². The molecule has 1 saturated heterocycles. The number of nitrogens with zero attached hydrogens (tertiary/aromatic N) is 4. The third kappa shape index (κ3) is 3.62. The molecule has 1 N–H and O–H groups in total. The van der Waals surface area contributed by atoms with E-state index >= 15 is 0 Å². The van der Waals surface area contributed by atoms with Gasteiger partial charge in [0, 0.05) is 43.6 Å². The van der Waals surface area contributed by atoms with Crippen molar-refractivity contribution >= 4 is 17.4 Å². The Labute approximate surface area is 184 Å². The Bertz CT molecular complexity index is 1180. The second kappa shape index (κ2) is 8.11. The van der Waals surface area contributed by atoms with E-state index in [9.17, 15) is 13.6 Å². The van der Waals surface area contributed by atoms with Gasteiger partial charge in [-0.15, -0.1) is 0 Å². The van der Waals surface area contributed by atoms with Crippen LogP contribution < -0.4 is 10.2 Å². The molecular weight excluding hydrogens is 412 g/mol. The van der Waals surface area contributed by atoms with Crippen molar-refractivity contribution in [1.82, 2.24) is 14.7 Å². The quantitative estimate of drug-likeness (QED) is 0.680. The van der Waals surface area contributed by atoms with Crippen LogP contribution in [0, 0.1) is 11.6 Å². The van der Waals surface area contributed by atoms with E-state index in [1.165, 1.54) is 24.3 Å². The number of benzene rings is 2. The van der Waals surface area contributed by atoms with Crippen LogP contribution in [0.25, 0.3) is 0 Å². The van der Waals surface area contributed by atoms with Gasteiger partial charge in [0.1, 0.15) is 23.5 Å². The number of hydrogen-bond acceptors (Lipinski definition) is 4. The Morgan fingerprint density at radius 2 is 1.75 bits per heavy atom. The van der Waals surface area contributed by atoms with Crippen LogP contribution in [-0.2, 0) is 4.79 Å². The van der Waals surface area contributed by atoms with E-state index in [0.717, 1.165) is 17.2 Å². The summed E-state index contributed by atoms with van der Waals surface area (Å²) in [5.74, 6) is 0.0434. The molecule has 32 heavy (non-hydrogen) atoms. The topological polar surface area (TPSA) is 53.4 Å². The molecule has 0 bridgehead atoms. The van der Waals surface area contributed by atoms with Crippen molar-refractivity contribution in [3.05, 3.63) is 89.3 Å². The Kier molecular flexibility index (Phi) is 5.13. The van der Waals surface area contributed by atoms with E-state index in [-0.39, 0.29) is 17.5 Å². The largest absolute Gasteiger partial charge is 0.368 e. The SMILES string of the molecule is CC1=C(C(=O)N2CCN(c3ccc(F)cc3)CC2)C(c2cccc(F)c2)n2nccc2N1. The highest BCUT2D eigenvalue weighted by atomic mass is 19.1. The van der Waals surface area contributed by atoms with E-state index in [1.54, 1.807) is 29.1 Å². The zero-order valence-corrected chi connectivity index (χ0v) is 17.6. The van der Waals surface area contributed by atoms with Gasteiger partial charge in [-0.2, -0.15) is 5.10 Å². The molecule has 1 unspecified atom stereocenters. The van der Waals surface area contributed by atoms with Crippen LogP contribution in [-0.4, -0.2) is 46.8 Å². The fourth-order valence-corrected chi connectivity index (χ4v) is 4.46. The third-order valence-corrected chi connectivity index (χ3v) is 6.06. The maximum Gasteiger partial charge on any atom is 0.254 e. The molecule has 3 aromatic rings. The third-order valence-electron chi connectivity index (χ3n) is 6.06. The van der Waals surface area contributed by atoms with Crippen LogP contribution >= 0.6 is 0 Å². The lowest BCUT2D eigenvalue weighted by Crippen LogP contribution is -2.50. The fourth-order valence-electron chi connectivity index (χ4n) is 4.46. The number of amides is 1. The lowest BCUT2D eigenvalue weighted by Gasteiger charge is -2.38. The van der Waals surface area contributed by atoms with Gasteiger partial charge in [-0.1, -0.05) is 12.1 Å². The minimum atomic E-state index is -0.514. The van der Waals surface area contributed by atoms with Crippen LogP contribution in [0.4, 0.5) is 20.3 Å². The van der Waals surface area contributed by atoms with Crippen molar-refractivity contribution in [2.24, 2.45) is 0 Å². The molecule has 2 aromatic carbocycles. The van der Waals surface area contributed by atoms with E-state index in [0.29, 0.717) is 37.3 Å². The zero-order valence-electron chi connectivity index (χ0n) is 17.6. The summed E-state index contributed by atoms with van der Waals surface area (Å²) < 4.78 is 29.0. The summed E-state index contributed by atoms with van der Waals surface area (Å²) in [5.41, 5.74) is 2.90. The molecule has 1 fully saturated rings. The average molecular weight is 435 g/mol. The number of nitrogens with one attached hydrogen (secondary N) is 1. The molecule has 2 aliphatic rings.